The minimum absolute atomic E-state index is 0.101. The van der Waals surface area contributed by atoms with Gasteiger partial charge in [0.25, 0.3) is 0 Å². The lowest BCUT2D eigenvalue weighted by molar-refractivity contribution is 0.0685. The van der Waals surface area contributed by atoms with Gasteiger partial charge in [-0.3, -0.25) is 5.32 Å². The van der Waals surface area contributed by atoms with Crippen molar-refractivity contribution in [2.24, 2.45) is 7.05 Å². The van der Waals surface area contributed by atoms with Crippen molar-refractivity contribution in [2.75, 3.05) is 11.9 Å². The van der Waals surface area contributed by atoms with Crippen LogP contribution in [0.1, 0.15) is 16.1 Å². The normalized spacial score (nSPS) is 9.76. The molecule has 0 aliphatic rings. The Balaban J connectivity index is 2.86. The molecule has 0 unspecified atom stereocenters. The summed E-state index contributed by atoms with van der Waals surface area (Å²) in [5.41, 5.74) is 1.03. The van der Waals surface area contributed by atoms with Crippen molar-refractivity contribution in [3.05, 3.63) is 30.1 Å². The zero-order chi connectivity index (χ0) is 13.0. The highest BCUT2D eigenvalue weighted by Gasteiger charge is 2.17. The predicted octanol–water partition coefficient (Wildman–Crippen LogP) is 1.77. The van der Waals surface area contributed by atoms with E-state index in [-0.39, 0.29) is 12.3 Å². The molecule has 6 heteroatoms. The fourth-order valence-electron chi connectivity index (χ4n) is 1.47. The summed E-state index contributed by atoms with van der Waals surface area (Å²) in [5, 5.41) is 11.4. The minimum Gasteiger partial charge on any atom is -0.477 e. The molecule has 0 radical (unpaired) electrons. The van der Waals surface area contributed by atoms with Gasteiger partial charge in [-0.05, 0) is 6.92 Å². The van der Waals surface area contributed by atoms with Crippen LogP contribution >= 0.6 is 0 Å². The van der Waals surface area contributed by atoms with Crippen molar-refractivity contribution < 1.29 is 19.4 Å². The number of nitrogens with one attached hydrogen (secondary N) is 1. The third-order valence-electron chi connectivity index (χ3n) is 2.21. The van der Waals surface area contributed by atoms with E-state index in [0.717, 1.165) is 0 Å². The monoisotopic (exact) mass is 238 g/mol. The Morgan fingerprint density at radius 2 is 2.29 bits per heavy atom. The van der Waals surface area contributed by atoms with Crippen LogP contribution in [0.25, 0.3) is 0 Å². The van der Waals surface area contributed by atoms with Gasteiger partial charge in [-0.25, -0.2) is 9.59 Å². The van der Waals surface area contributed by atoms with Crippen LogP contribution in [0.4, 0.5) is 10.5 Å². The third kappa shape index (κ3) is 2.87. The molecule has 0 aliphatic carbocycles. The van der Waals surface area contributed by atoms with E-state index in [1.54, 1.807) is 14.0 Å². The summed E-state index contributed by atoms with van der Waals surface area (Å²) in [6.07, 6.45) is 2.32. The number of aromatic nitrogens is 1. The second-order valence-corrected chi connectivity index (χ2v) is 3.44. The Labute approximate surface area is 98.5 Å². The summed E-state index contributed by atoms with van der Waals surface area (Å²) < 4.78 is 6.17. The molecule has 17 heavy (non-hydrogen) atoms. The van der Waals surface area contributed by atoms with Crippen LogP contribution in [-0.2, 0) is 11.8 Å². The first-order chi connectivity index (χ1) is 7.97. The highest BCUT2D eigenvalue weighted by molar-refractivity contribution is 5.93. The van der Waals surface area contributed by atoms with Crippen molar-refractivity contribution in [1.29, 1.82) is 0 Å². The van der Waals surface area contributed by atoms with Crippen LogP contribution in [0.5, 0.6) is 0 Å². The van der Waals surface area contributed by atoms with E-state index in [4.69, 9.17) is 9.84 Å². The number of amides is 1. The number of carboxylic acid groups (broad SMARTS) is 1. The predicted molar refractivity (Wildman–Crippen MR) is 62.3 cm³/mol. The zero-order valence-corrected chi connectivity index (χ0v) is 9.69. The van der Waals surface area contributed by atoms with Gasteiger partial charge in [0, 0.05) is 18.8 Å². The van der Waals surface area contributed by atoms with Crippen molar-refractivity contribution >= 4 is 17.7 Å². The molecule has 0 aliphatic heterocycles. The lowest BCUT2D eigenvalue weighted by Crippen LogP contribution is -2.13. The number of ether oxygens (including phenoxy) is 1. The highest BCUT2D eigenvalue weighted by Crippen LogP contribution is 2.21. The van der Waals surface area contributed by atoms with E-state index < -0.39 is 12.1 Å². The van der Waals surface area contributed by atoms with Gasteiger partial charge >= 0.3 is 12.1 Å². The highest BCUT2D eigenvalue weighted by atomic mass is 16.5. The summed E-state index contributed by atoms with van der Waals surface area (Å²) in [5.74, 6) is -1.04. The molecular weight excluding hydrogens is 224 g/mol. The number of carboxylic acids is 1. The molecule has 0 spiro atoms. The maximum Gasteiger partial charge on any atom is 0.411 e. The zero-order valence-electron chi connectivity index (χ0n) is 9.69. The summed E-state index contributed by atoms with van der Waals surface area (Å²) in [6.45, 7) is 5.13. The van der Waals surface area contributed by atoms with Crippen molar-refractivity contribution in [1.82, 2.24) is 4.57 Å². The number of anilines is 1. The Hall–Kier alpha value is -2.24. The van der Waals surface area contributed by atoms with Crippen molar-refractivity contribution in [2.45, 2.75) is 6.92 Å². The Morgan fingerprint density at radius 3 is 2.76 bits per heavy atom. The molecule has 1 aromatic heterocycles. The summed E-state index contributed by atoms with van der Waals surface area (Å²) in [6, 6.07) is 0. The lowest BCUT2D eigenvalue weighted by atomic mass is 10.2. The summed E-state index contributed by atoms with van der Waals surface area (Å²) in [4.78, 5) is 22.2. The van der Waals surface area contributed by atoms with Gasteiger partial charge < -0.3 is 14.4 Å². The molecule has 0 bridgehead atoms. The number of hydrogen-bond acceptors (Lipinski definition) is 3. The van der Waals surface area contributed by atoms with Gasteiger partial charge in [-0.2, -0.15) is 0 Å². The van der Waals surface area contributed by atoms with Gasteiger partial charge in [0.15, 0.2) is 0 Å². The second-order valence-electron chi connectivity index (χ2n) is 3.44. The third-order valence-corrected chi connectivity index (χ3v) is 2.21. The molecule has 92 valence electrons. The van der Waals surface area contributed by atoms with E-state index in [1.165, 1.54) is 16.8 Å². The van der Waals surface area contributed by atoms with Gasteiger partial charge in [0.05, 0.1) is 5.69 Å². The van der Waals surface area contributed by atoms with Crippen LogP contribution in [0.2, 0.25) is 0 Å². The first kappa shape index (κ1) is 12.8. The summed E-state index contributed by atoms with van der Waals surface area (Å²) in [7, 11) is 1.59. The lowest BCUT2D eigenvalue weighted by Gasteiger charge is -2.04. The van der Waals surface area contributed by atoms with E-state index in [0.29, 0.717) is 11.3 Å². The molecule has 0 aromatic carbocycles. The largest absolute Gasteiger partial charge is 0.477 e. The van der Waals surface area contributed by atoms with Crippen LogP contribution in [-0.4, -0.2) is 28.3 Å². The van der Waals surface area contributed by atoms with Gasteiger partial charge in [0.1, 0.15) is 12.3 Å². The first-order valence-electron chi connectivity index (χ1n) is 4.91. The van der Waals surface area contributed by atoms with Crippen molar-refractivity contribution in [3.8, 4) is 0 Å². The standard InChI is InChI=1S/C11H14N2O4/c1-4-5-17-11(16)12-8-6-13(3)9(7(8)2)10(14)15/h4,6H,1,5H2,2-3H3,(H,12,16)(H,14,15). The fourth-order valence-corrected chi connectivity index (χ4v) is 1.47. The van der Waals surface area contributed by atoms with Crippen LogP contribution in [0.3, 0.4) is 0 Å². The average Bonchev–Trinajstić information content (AvgIpc) is 2.51. The van der Waals surface area contributed by atoms with Crippen molar-refractivity contribution in [3.63, 3.8) is 0 Å². The topological polar surface area (TPSA) is 80.6 Å². The Kier molecular flexibility index (Phi) is 3.92. The van der Waals surface area contributed by atoms with Gasteiger partial charge in [-0.1, -0.05) is 12.7 Å². The summed E-state index contributed by atoms with van der Waals surface area (Å²) >= 11 is 0. The number of carbonyl (C=O) groups excluding carboxylic acids is 1. The molecular formula is C11H14N2O4. The van der Waals surface area contributed by atoms with Crippen LogP contribution < -0.4 is 5.32 Å². The molecule has 2 N–H and O–H groups in total. The molecule has 0 saturated heterocycles. The quantitative estimate of drug-likeness (QED) is 0.783. The van der Waals surface area contributed by atoms with E-state index in [2.05, 4.69) is 11.9 Å². The number of hydrogen-bond donors (Lipinski definition) is 2. The second kappa shape index (κ2) is 5.20. The number of aryl methyl sites for hydroxylation is 1. The van der Waals surface area contributed by atoms with Gasteiger partial charge in [-0.15, -0.1) is 0 Å². The number of carbonyl (C=O) groups is 2. The SMILES string of the molecule is C=CCOC(=O)Nc1cn(C)c(C(=O)O)c1C. The minimum atomic E-state index is -1.04. The maximum atomic E-state index is 11.3. The molecule has 0 atom stereocenters. The molecule has 0 saturated carbocycles. The first-order valence-corrected chi connectivity index (χ1v) is 4.91. The molecule has 1 amide bonds. The van der Waals surface area contributed by atoms with Crippen LogP contribution in [0, 0.1) is 6.92 Å². The molecule has 0 fully saturated rings. The average molecular weight is 238 g/mol. The Morgan fingerprint density at radius 1 is 1.65 bits per heavy atom. The smallest absolute Gasteiger partial charge is 0.411 e. The Bertz CT molecular complexity index is 462. The van der Waals surface area contributed by atoms with Crippen LogP contribution in [0.15, 0.2) is 18.9 Å². The van der Waals surface area contributed by atoms with E-state index >= 15 is 0 Å². The maximum absolute atomic E-state index is 11.3. The molecule has 1 heterocycles. The van der Waals surface area contributed by atoms with E-state index in [1.807, 2.05) is 0 Å². The van der Waals surface area contributed by atoms with Gasteiger partial charge in [0.2, 0.25) is 0 Å². The fraction of sp³-hybridized carbons (Fsp3) is 0.273. The van der Waals surface area contributed by atoms with E-state index in [9.17, 15) is 9.59 Å². The number of rotatable bonds is 4. The number of nitrogens with zero attached hydrogens (tertiary/aromatic N) is 1. The number of aromatic carboxylic acids is 1. The molecule has 1 rings (SSSR count). The molecule has 6 nitrogen and oxygen atoms in total. The molecule has 1 aromatic rings.